The number of morpholine rings is 1. The highest BCUT2D eigenvalue weighted by Gasteiger charge is 2.83. The van der Waals surface area contributed by atoms with Crippen LogP contribution in [0.4, 0.5) is 0 Å². The van der Waals surface area contributed by atoms with Gasteiger partial charge in [0, 0.05) is 19.4 Å². The molecule has 0 aromatic carbocycles. The minimum absolute atomic E-state index is 0.0895. The molecule has 46 heavy (non-hydrogen) atoms. The molecule has 5 unspecified atom stereocenters. The third-order valence-electron chi connectivity index (χ3n) is 16.5. The maximum Gasteiger partial charge on any atom is 0.305 e. The molecule has 1 amide bonds. The summed E-state index contributed by atoms with van der Waals surface area (Å²) in [6, 6.07) is 0. The Morgan fingerprint density at radius 3 is 2.46 bits per heavy atom. The summed E-state index contributed by atoms with van der Waals surface area (Å²) in [5.41, 5.74) is 1.62. The maximum absolute atomic E-state index is 12.9. The van der Waals surface area contributed by atoms with E-state index in [9.17, 15) is 9.59 Å². The molecule has 2 heterocycles. The highest BCUT2D eigenvalue weighted by Crippen LogP contribution is 2.89. The van der Waals surface area contributed by atoms with E-state index in [4.69, 9.17) is 18.9 Å². The lowest BCUT2D eigenvalue weighted by atomic mass is 9.41. The Kier molecular flexibility index (Phi) is 7.60. The summed E-state index contributed by atoms with van der Waals surface area (Å²) in [7, 11) is 1.49. The summed E-state index contributed by atoms with van der Waals surface area (Å²) < 4.78 is 24.9. The fourth-order valence-electron chi connectivity index (χ4n) is 14.0. The summed E-state index contributed by atoms with van der Waals surface area (Å²) in [5.74, 6) is 3.48. The Morgan fingerprint density at radius 2 is 1.70 bits per heavy atom. The lowest BCUT2D eigenvalue weighted by Gasteiger charge is -2.63. The van der Waals surface area contributed by atoms with Gasteiger partial charge in [0.15, 0.2) is 6.29 Å². The molecule has 8 aliphatic rings. The molecule has 0 N–H and O–H groups in total. The summed E-state index contributed by atoms with van der Waals surface area (Å²) in [4.78, 5) is 26.8. The number of nitrogens with zero attached hydrogens (tertiary/aromatic N) is 1. The zero-order valence-corrected chi connectivity index (χ0v) is 29.6. The van der Waals surface area contributed by atoms with Gasteiger partial charge in [0.25, 0.3) is 0 Å². The van der Waals surface area contributed by atoms with E-state index in [2.05, 4.69) is 34.6 Å². The molecular weight excluding hydrogens is 578 g/mol. The molecule has 7 nitrogen and oxygen atoms in total. The van der Waals surface area contributed by atoms with Crippen molar-refractivity contribution in [1.82, 2.24) is 4.90 Å². The molecule has 6 aliphatic carbocycles. The van der Waals surface area contributed by atoms with Crippen LogP contribution in [0.3, 0.4) is 0 Å². The Bertz CT molecular complexity index is 1230. The zero-order chi connectivity index (χ0) is 32.3. The van der Waals surface area contributed by atoms with Crippen LogP contribution in [0.1, 0.15) is 125 Å². The van der Waals surface area contributed by atoms with E-state index < -0.39 is 0 Å². The van der Waals surface area contributed by atoms with Gasteiger partial charge in [-0.3, -0.25) is 9.59 Å². The second-order valence-electron chi connectivity index (χ2n) is 18.6. The van der Waals surface area contributed by atoms with Crippen LogP contribution in [0.25, 0.3) is 0 Å². The van der Waals surface area contributed by atoms with Crippen molar-refractivity contribution >= 4 is 11.9 Å². The standard InChI is InChI=1S/C39H61NO6/c1-24-19-26(9-12-32(42)43-6)45-27-21-37(5)29-11-10-28-35(2,3)30(46-33-22-40(17-18-44-33)31(41)20-25-7-8-25)13-14-38(28)23-39(29,38)16-15-36(37,4)34(24)27/h24-30,33-34H,7-23H2,1-6H3/t24-,26?,27?,28?,29+,30+,33?,34?,36-,37+,38-,39+/m1/s1. The predicted octanol–water partition coefficient (Wildman–Crippen LogP) is 7.15. The molecule has 6 saturated carbocycles. The van der Waals surface area contributed by atoms with Crippen LogP contribution >= 0.6 is 0 Å². The Labute approximate surface area is 277 Å². The zero-order valence-electron chi connectivity index (χ0n) is 29.6. The molecule has 0 bridgehead atoms. The van der Waals surface area contributed by atoms with E-state index in [0.29, 0.717) is 89.9 Å². The minimum atomic E-state index is -0.297. The van der Waals surface area contributed by atoms with E-state index in [0.717, 1.165) is 25.2 Å². The average Bonchev–Trinajstić information content (AvgIpc) is 3.93. The summed E-state index contributed by atoms with van der Waals surface area (Å²) >= 11 is 0. The van der Waals surface area contributed by atoms with Crippen molar-refractivity contribution in [2.45, 2.75) is 149 Å². The first-order chi connectivity index (χ1) is 21.9. The Morgan fingerprint density at radius 1 is 0.935 bits per heavy atom. The number of carbonyl (C=O) groups is 2. The van der Waals surface area contributed by atoms with Gasteiger partial charge in [0.1, 0.15) is 0 Å². The number of ether oxygens (including phenoxy) is 4. The van der Waals surface area contributed by atoms with Gasteiger partial charge >= 0.3 is 5.97 Å². The van der Waals surface area contributed by atoms with E-state index >= 15 is 0 Å². The molecule has 7 heteroatoms. The van der Waals surface area contributed by atoms with E-state index in [-0.39, 0.29) is 29.9 Å². The van der Waals surface area contributed by atoms with Crippen molar-refractivity contribution in [2.24, 2.45) is 56.7 Å². The molecule has 12 atom stereocenters. The molecule has 0 aromatic rings. The van der Waals surface area contributed by atoms with Gasteiger partial charge in [-0.25, -0.2) is 0 Å². The van der Waals surface area contributed by atoms with Crippen LogP contribution in [0.5, 0.6) is 0 Å². The first-order valence-corrected chi connectivity index (χ1v) is 19.1. The smallest absolute Gasteiger partial charge is 0.305 e. The van der Waals surface area contributed by atoms with Crippen LogP contribution in [0.2, 0.25) is 0 Å². The van der Waals surface area contributed by atoms with Gasteiger partial charge in [0.2, 0.25) is 5.91 Å². The van der Waals surface area contributed by atoms with Gasteiger partial charge < -0.3 is 23.8 Å². The second kappa shape index (κ2) is 10.9. The van der Waals surface area contributed by atoms with Crippen molar-refractivity contribution in [3.8, 4) is 0 Å². The Hall–Kier alpha value is -1.18. The average molecular weight is 640 g/mol. The number of amides is 1. The fourth-order valence-corrected chi connectivity index (χ4v) is 14.0. The van der Waals surface area contributed by atoms with E-state index in [1.165, 1.54) is 64.9 Å². The van der Waals surface area contributed by atoms with Gasteiger partial charge in [-0.2, -0.15) is 0 Å². The van der Waals surface area contributed by atoms with Crippen LogP contribution in [0.15, 0.2) is 0 Å². The first kappa shape index (κ1) is 32.0. The predicted molar refractivity (Wildman–Crippen MR) is 174 cm³/mol. The van der Waals surface area contributed by atoms with Crippen molar-refractivity contribution in [3.05, 3.63) is 0 Å². The van der Waals surface area contributed by atoms with Crippen molar-refractivity contribution in [3.63, 3.8) is 0 Å². The van der Waals surface area contributed by atoms with Crippen molar-refractivity contribution in [2.75, 3.05) is 26.8 Å². The quantitative estimate of drug-likeness (QED) is 0.276. The monoisotopic (exact) mass is 639 g/mol. The SMILES string of the molecule is COC(=O)CCC1C[C@@H](C)C2C(C[C@@]3(C)[C@@H]4CCC5C(C)(C)[C@@H](OC6CN(C(=O)CC7CC7)CCO6)CC[C@@]56C[C@@]46CC[C@]23C)O1. The Balaban J connectivity index is 0.968. The minimum Gasteiger partial charge on any atom is -0.469 e. The normalized spacial score (nSPS) is 50.3. The molecule has 2 spiro atoms. The third-order valence-corrected chi connectivity index (χ3v) is 16.5. The highest BCUT2D eigenvalue weighted by molar-refractivity contribution is 5.76. The van der Waals surface area contributed by atoms with Crippen LogP contribution in [-0.4, -0.2) is 68.2 Å². The van der Waals surface area contributed by atoms with Gasteiger partial charge in [-0.1, -0.05) is 34.6 Å². The van der Waals surface area contributed by atoms with E-state index in [1.807, 2.05) is 4.90 Å². The number of esters is 1. The molecular formula is C39H61NO6. The number of hydrogen-bond donors (Lipinski definition) is 0. The molecule has 258 valence electrons. The summed E-state index contributed by atoms with van der Waals surface area (Å²) in [5, 5.41) is 0. The lowest BCUT2D eigenvalue weighted by molar-refractivity contribution is -0.246. The second-order valence-corrected chi connectivity index (χ2v) is 18.6. The molecule has 8 rings (SSSR count). The van der Waals surface area contributed by atoms with Crippen LogP contribution < -0.4 is 0 Å². The number of fused-ring (bicyclic) bond motifs is 4. The van der Waals surface area contributed by atoms with Gasteiger partial charge in [-0.15, -0.1) is 0 Å². The van der Waals surface area contributed by atoms with E-state index in [1.54, 1.807) is 0 Å². The van der Waals surface area contributed by atoms with Gasteiger partial charge in [-0.05, 0) is 134 Å². The lowest BCUT2D eigenvalue weighted by Crippen LogP contribution is -2.58. The number of rotatable bonds is 7. The molecule has 0 aromatic heterocycles. The number of hydrogen-bond acceptors (Lipinski definition) is 6. The molecule has 0 radical (unpaired) electrons. The van der Waals surface area contributed by atoms with Crippen LogP contribution in [-0.2, 0) is 28.5 Å². The topological polar surface area (TPSA) is 74.3 Å². The largest absolute Gasteiger partial charge is 0.469 e. The molecule has 2 aliphatic heterocycles. The summed E-state index contributed by atoms with van der Waals surface area (Å²) in [6.07, 6.45) is 16.1. The molecule has 8 fully saturated rings. The summed E-state index contributed by atoms with van der Waals surface area (Å²) in [6.45, 7) is 14.7. The molecule has 2 saturated heterocycles. The highest BCUT2D eigenvalue weighted by atomic mass is 16.7. The number of carbonyl (C=O) groups excluding carboxylic acids is 2. The first-order valence-electron chi connectivity index (χ1n) is 19.1. The van der Waals surface area contributed by atoms with Gasteiger partial charge in [0.05, 0.1) is 38.6 Å². The number of methoxy groups -OCH3 is 1. The fraction of sp³-hybridized carbons (Fsp3) is 0.949. The van der Waals surface area contributed by atoms with Crippen molar-refractivity contribution < 1.29 is 28.5 Å². The maximum atomic E-state index is 12.9. The van der Waals surface area contributed by atoms with Crippen molar-refractivity contribution in [1.29, 1.82) is 0 Å². The van der Waals surface area contributed by atoms with Crippen LogP contribution in [0, 0.1) is 56.7 Å². The third kappa shape index (κ3) is 4.58.